The quantitative estimate of drug-likeness (QED) is 0.577. The third kappa shape index (κ3) is 5.99. The highest BCUT2D eigenvalue weighted by Crippen LogP contribution is 2.28. The molecule has 0 fully saturated rings. The fraction of sp³-hybridized carbons (Fsp3) is 0.400. The highest BCUT2D eigenvalue weighted by atomic mass is 32.2. The number of carbonyl (C=O) groups excluding carboxylic acids is 1. The Morgan fingerprint density at radius 1 is 1.03 bits per heavy atom. The maximum atomic E-state index is 13.0. The molecule has 34 heavy (non-hydrogen) atoms. The molecule has 0 aromatic heterocycles. The number of rotatable bonds is 7. The molecule has 3 N–H and O–H groups in total. The van der Waals surface area contributed by atoms with Crippen LogP contribution in [0.15, 0.2) is 59.0 Å². The van der Waals surface area contributed by atoms with Gasteiger partial charge in [0.15, 0.2) is 5.78 Å². The Balaban J connectivity index is 0.00000158. The van der Waals surface area contributed by atoms with Crippen LogP contribution in [0.2, 0.25) is 0 Å². The molecule has 0 bridgehead atoms. The summed E-state index contributed by atoms with van der Waals surface area (Å²) in [7, 11) is -1.85. The van der Waals surface area contributed by atoms with Crippen molar-refractivity contribution in [2.45, 2.75) is 31.2 Å². The molecule has 2 aliphatic heterocycles. The zero-order chi connectivity index (χ0) is 24.7. The lowest BCUT2D eigenvalue weighted by atomic mass is 9.95. The molecule has 8 nitrogen and oxygen atoms in total. The Labute approximate surface area is 201 Å². The van der Waals surface area contributed by atoms with E-state index in [0.29, 0.717) is 18.5 Å². The lowest BCUT2D eigenvalue weighted by Crippen LogP contribution is -2.35. The third-order valence-electron chi connectivity index (χ3n) is 6.36. The van der Waals surface area contributed by atoms with Crippen LogP contribution in [0, 0.1) is 0 Å². The summed E-state index contributed by atoms with van der Waals surface area (Å²) in [6, 6.07) is 13.6. The molecular weight excluding hydrogens is 454 g/mol. The van der Waals surface area contributed by atoms with Crippen molar-refractivity contribution in [3.05, 3.63) is 65.2 Å². The number of sulfonamides is 1. The molecule has 0 amide bonds. The van der Waals surface area contributed by atoms with E-state index in [-0.39, 0.29) is 17.2 Å². The van der Waals surface area contributed by atoms with Gasteiger partial charge in [-0.1, -0.05) is 30.3 Å². The van der Waals surface area contributed by atoms with Crippen molar-refractivity contribution in [1.82, 2.24) is 9.21 Å². The minimum Gasteiger partial charge on any atom is -0.383 e. The Hall–Kier alpha value is -2.40. The fourth-order valence-corrected chi connectivity index (χ4v) is 5.74. The van der Waals surface area contributed by atoms with Gasteiger partial charge in [-0.2, -0.15) is 4.31 Å². The highest BCUT2D eigenvalue weighted by molar-refractivity contribution is 7.89. The van der Waals surface area contributed by atoms with E-state index >= 15 is 0 Å². The molecule has 2 aromatic carbocycles. The van der Waals surface area contributed by atoms with E-state index in [1.165, 1.54) is 22.4 Å². The molecule has 184 valence electrons. The van der Waals surface area contributed by atoms with Gasteiger partial charge in [-0.05, 0) is 65.8 Å². The summed E-state index contributed by atoms with van der Waals surface area (Å²) in [6.07, 6.45) is 3.22. The van der Waals surface area contributed by atoms with Crippen LogP contribution < -0.4 is 5.90 Å². The number of carbonyl (C=O) groups is 1. The lowest BCUT2D eigenvalue weighted by molar-refractivity contribution is -0.113. The molecular formula is C25H33N3O5S. The number of hydrogen-bond donors (Lipinski definition) is 2. The van der Waals surface area contributed by atoms with Crippen molar-refractivity contribution in [1.29, 1.82) is 0 Å². The second kappa shape index (κ2) is 11.8. The van der Waals surface area contributed by atoms with Crippen LogP contribution in [0.25, 0.3) is 11.1 Å². The lowest BCUT2D eigenvalue weighted by Gasteiger charge is -2.29. The largest absolute Gasteiger partial charge is 0.383 e. The number of nitrogens with two attached hydrogens (primary N) is 1. The molecule has 2 heterocycles. The van der Waals surface area contributed by atoms with Crippen molar-refractivity contribution in [2.24, 2.45) is 5.90 Å². The molecule has 2 aromatic rings. The summed E-state index contributed by atoms with van der Waals surface area (Å²) < 4.78 is 32.7. The minimum absolute atomic E-state index is 0.0123. The van der Waals surface area contributed by atoms with E-state index in [4.69, 9.17) is 9.94 Å². The Morgan fingerprint density at radius 2 is 1.74 bits per heavy atom. The first-order valence-electron chi connectivity index (χ1n) is 11.3. The first kappa shape index (κ1) is 26.2. The summed E-state index contributed by atoms with van der Waals surface area (Å²) >= 11 is 0. The van der Waals surface area contributed by atoms with Gasteiger partial charge in [-0.3, -0.25) is 9.69 Å². The van der Waals surface area contributed by atoms with Crippen molar-refractivity contribution in [2.75, 3.05) is 39.9 Å². The van der Waals surface area contributed by atoms with Gasteiger partial charge in [0.1, 0.15) is 0 Å². The first-order valence-corrected chi connectivity index (χ1v) is 12.7. The number of hydrogen-bond acceptors (Lipinski definition) is 7. The van der Waals surface area contributed by atoms with Crippen molar-refractivity contribution in [3.63, 3.8) is 0 Å². The van der Waals surface area contributed by atoms with E-state index in [1.807, 2.05) is 12.1 Å². The van der Waals surface area contributed by atoms with Crippen molar-refractivity contribution in [3.8, 4) is 11.1 Å². The van der Waals surface area contributed by atoms with Gasteiger partial charge in [0.05, 0.1) is 11.5 Å². The van der Waals surface area contributed by atoms with Gasteiger partial charge < -0.3 is 9.94 Å². The summed E-state index contributed by atoms with van der Waals surface area (Å²) in [4.78, 5) is 14.2. The van der Waals surface area contributed by atoms with Crippen LogP contribution in [0.3, 0.4) is 0 Å². The summed E-state index contributed by atoms with van der Waals surface area (Å²) in [5, 5.41) is 6.50. The third-order valence-corrected chi connectivity index (χ3v) is 8.24. The fourth-order valence-electron chi connectivity index (χ4n) is 4.36. The van der Waals surface area contributed by atoms with Gasteiger partial charge >= 0.3 is 0 Å². The monoisotopic (exact) mass is 487 g/mol. The zero-order valence-electron chi connectivity index (χ0n) is 19.7. The Kier molecular flexibility index (Phi) is 9.12. The molecule has 9 heteroatoms. The molecule has 0 unspecified atom stereocenters. The van der Waals surface area contributed by atoms with Crippen molar-refractivity contribution >= 4 is 15.8 Å². The van der Waals surface area contributed by atoms with Gasteiger partial charge in [0.25, 0.3) is 0 Å². The summed E-state index contributed by atoms with van der Waals surface area (Å²) in [5.41, 5.74) is 5.50. The number of nitrogens with zero attached hydrogens (tertiary/aromatic N) is 2. The van der Waals surface area contributed by atoms with Gasteiger partial charge in [0.2, 0.25) is 10.0 Å². The molecule has 0 saturated heterocycles. The van der Waals surface area contributed by atoms with E-state index in [2.05, 4.69) is 29.0 Å². The van der Waals surface area contributed by atoms with Gasteiger partial charge in [-0.25, -0.2) is 14.3 Å². The van der Waals surface area contributed by atoms with Crippen LogP contribution in [-0.4, -0.2) is 68.5 Å². The molecule has 0 aliphatic carbocycles. The number of ether oxygens (including phenoxy) is 1. The average Bonchev–Trinajstić information content (AvgIpc) is 2.88. The van der Waals surface area contributed by atoms with Crippen LogP contribution in [0.1, 0.15) is 24.5 Å². The summed E-state index contributed by atoms with van der Waals surface area (Å²) in [5.74, 6) is 3.51. The topological polar surface area (TPSA) is 113 Å². The number of benzene rings is 2. The van der Waals surface area contributed by atoms with Crippen LogP contribution >= 0.6 is 0 Å². The van der Waals surface area contributed by atoms with Crippen molar-refractivity contribution < 1.29 is 23.2 Å². The Morgan fingerprint density at radius 3 is 2.35 bits per heavy atom. The molecule has 4 rings (SSSR count). The predicted molar refractivity (Wildman–Crippen MR) is 131 cm³/mol. The maximum absolute atomic E-state index is 13.0. The highest BCUT2D eigenvalue weighted by Gasteiger charge is 2.27. The Bertz CT molecular complexity index is 1130. The smallest absolute Gasteiger partial charge is 0.243 e. The second-order valence-electron chi connectivity index (χ2n) is 8.43. The first-order chi connectivity index (χ1) is 16.4. The number of methoxy groups -OCH3 is 1. The molecule has 0 saturated carbocycles. The van der Waals surface area contributed by atoms with Gasteiger partial charge in [0, 0.05) is 39.8 Å². The molecule has 0 radical (unpaired) electrons. The number of ketones is 1. The van der Waals surface area contributed by atoms with E-state index in [1.54, 1.807) is 25.3 Å². The molecule has 0 spiro atoms. The molecule has 0 atom stereocenters. The summed E-state index contributed by atoms with van der Waals surface area (Å²) in [6.45, 7) is 5.70. The zero-order valence-corrected chi connectivity index (χ0v) is 20.6. The van der Waals surface area contributed by atoms with Crippen LogP contribution in [0.4, 0.5) is 0 Å². The van der Waals surface area contributed by atoms with Crippen LogP contribution in [-0.2, 0) is 32.5 Å². The SMILES string of the molecule is COCCN1CCc2ccc(-c3ccc(S(=O)(=O)N4CC=C(C(C)=O)CC4)cc3)cc2C1.NO. The van der Waals surface area contributed by atoms with E-state index < -0.39 is 10.0 Å². The number of fused-ring (bicyclic) bond motifs is 1. The van der Waals surface area contributed by atoms with Crippen LogP contribution in [0.5, 0.6) is 0 Å². The number of Topliss-reactive ketones (excluding diaryl/α,β-unsaturated/α-hetero) is 1. The van der Waals surface area contributed by atoms with Gasteiger partial charge in [-0.15, -0.1) is 0 Å². The normalized spacial score (nSPS) is 16.8. The average molecular weight is 488 g/mol. The predicted octanol–water partition coefficient (Wildman–Crippen LogP) is 2.60. The van der Waals surface area contributed by atoms with E-state index in [9.17, 15) is 13.2 Å². The maximum Gasteiger partial charge on any atom is 0.243 e. The van der Waals surface area contributed by atoms with E-state index in [0.717, 1.165) is 43.8 Å². The standard InChI is InChI=1S/C25H30N2O4S.H3NO/c1-19(28)20-10-13-27(14-11-20)32(29,30)25-7-5-21(6-8-25)23-4-3-22-9-12-26(15-16-31-2)18-24(22)17-23;1-2/h3-8,10,17H,9,11-16,18H2,1-2H3;2H,1H2. The molecule has 2 aliphatic rings. The minimum atomic E-state index is -3.58. The second-order valence-corrected chi connectivity index (χ2v) is 10.4.